The molecule has 2 aromatic heterocycles. The number of aromatic nitrogens is 3. The Morgan fingerprint density at radius 2 is 2.00 bits per heavy atom. The molecule has 2 heterocycles. The first-order valence-corrected chi connectivity index (χ1v) is 7.88. The van der Waals surface area contributed by atoms with Crippen LogP contribution in [-0.2, 0) is 9.53 Å². The minimum Gasteiger partial charge on any atom is -0.468 e. The third-order valence-electron chi connectivity index (χ3n) is 3.20. The molecule has 0 bridgehead atoms. The molecule has 23 heavy (non-hydrogen) atoms. The van der Waals surface area contributed by atoms with Crippen LogP contribution in [0.1, 0.15) is 6.92 Å². The highest BCUT2D eigenvalue weighted by Gasteiger charge is 2.22. The van der Waals surface area contributed by atoms with Crippen molar-refractivity contribution in [1.29, 1.82) is 0 Å². The van der Waals surface area contributed by atoms with E-state index in [9.17, 15) is 4.79 Å². The average molecular weight is 329 g/mol. The molecule has 0 aliphatic heterocycles. The van der Waals surface area contributed by atoms with Crippen LogP contribution < -0.4 is 0 Å². The van der Waals surface area contributed by atoms with Crippen molar-refractivity contribution in [3.8, 4) is 17.3 Å². The molecule has 6 nitrogen and oxygen atoms in total. The zero-order valence-electron chi connectivity index (χ0n) is 12.7. The predicted molar refractivity (Wildman–Crippen MR) is 86.4 cm³/mol. The summed E-state index contributed by atoms with van der Waals surface area (Å²) < 4.78 is 12.1. The average Bonchev–Trinajstić information content (AvgIpc) is 3.24. The number of carbonyl (C=O) groups is 1. The number of benzene rings is 1. The fourth-order valence-corrected chi connectivity index (χ4v) is 2.99. The van der Waals surface area contributed by atoms with Gasteiger partial charge in [-0.2, -0.15) is 0 Å². The summed E-state index contributed by atoms with van der Waals surface area (Å²) in [4.78, 5) is 11.7. The fourth-order valence-electron chi connectivity index (χ4n) is 2.09. The first-order valence-electron chi connectivity index (χ1n) is 7.00. The Bertz CT molecular complexity index is 784. The molecule has 0 amide bonds. The highest BCUT2D eigenvalue weighted by atomic mass is 32.2. The molecule has 0 aliphatic rings. The van der Waals surface area contributed by atoms with Gasteiger partial charge in [-0.3, -0.25) is 9.36 Å². The first-order chi connectivity index (χ1) is 11.2. The molecule has 3 aromatic rings. The van der Waals surface area contributed by atoms with Crippen molar-refractivity contribution in [2.45, 2.75) is 17.3 Å². The van der Waals surface area contributed by atoms with Crippen LogP contribution in [0, 0.1) is 0 Å². The standard InChI is InChI=1S/C16H15N3O3S/c1-11(15(20)21-2)23-16-18-17-14(13-9-6-10-22-13)19(16)12-7-4-3-5-8-12/h3-11H,1-2H3. The topological polar surface area (TPSA) is 70.2 Å². The van der Waals surface area contributed by atoms with E-state index in [0.29, 0.717) is 16.7 Å². The number of carbonyl (C=O) groups excluding carboxylic acids is 1. The van der Waals surface area contributed by atoms with Crippen molar-refractivity contribution < 1.29 is 13.9 Å². The van der Waals surface area contributed by atoms with E-state index in [1.807, 2.05) is 41.0 Å². The summed E-state index contributed by atoms with van der Waals surface area (Å²) in [6, 6.07) is 13.3. The van der Waals surface area contributed by atoms with Gasteiger partial charge in [0.15, 0.2) is 10.9 Å². The van der Waals surface area contributed by atoms with Crippen molar-refractivity contribution in [3.63, 3.8) is 0 Å². The Balaban J connectivity index is 2.05. The van der Waals surface area contributed by atoms with E-state index in [-0.39, 0.29) is 5.97 Å². The quantitative estimate of drug-likeness (QED) is 0.529. The summed E-state index contributed by atoms with van der Waals surface area (Å²) in [5.74, 6) is 0.886. The number of nitrogens with zero attached hydrogens (tertiary/aromatic N) is 3. The largest absolute Gasteiger partial charge is 0.468 e. The molecule has 1 aromatic carbocycles. The maximum absolute atomic E-state index is 11.7. The lowest BCUT2D eigenvalue weighted by Gasteiger charge is -2.11. The van der Waals surface area contributed by atoms with Gasteiger partial charge in [-0.25, -0.2) is 0 Å². The molecular formula is C16H15N3O3S. The van der Waals surface area contributed by atoms with Crippen LogP contribution in [0.25, 0.3) is 17.3 Å². The summed E-state index contributed by atoms with van der Waals surface area (Å²) in [5, 5.41) is 8.64. The number of methoxy groups -OCH3 is 1. The van der Waals surface area contributed by atoms with E-state index in [2.05, 4.69) is 10.2 Å². The van der Waals surface area contributed by atoms with Crippen LogP contribution in [-0.4, -0.2) is 33.1 Å². The van der Waals surface area contributed by atoms with Gasteiger partial charge in [-0.1, -0.05) is 30.0 Å². The number of ether oxygens (including phenoxy) is 1. The maximum atomic E-state index is 11.7. The molecule has 3 rings (SSSR count). The zero-order valence-corrected chi connectivity index (χ0v) is 13.5. The Morgan fingerprint density at radius 1 is 1.22 bits per heavy atom. The van der Waals surface area contributed by atoms with Crippen molar-refractivity contribution in [2.75, 3.05) is 7.11 Å². The zero-order chi connectivity index (χ0) is 16.2. The van der Waals surface area contributed by atoms with Gasteiger partial charge in [-0.05, 0) is 31.2 Å². The predicted octanol–water partition coefficient (Wildman–Crippen LogP) is 3.18. The van der Waals surface area contributed by atoms with Gasteiger partial charge < -0.3 is 9.15 Å². The van der Waals surface area contributed by atoms with Crippen molar-refractivity contribution in [3.05, 3.63) is 48.7 Å². The van der Waals surface area contributed by atoms with E-state index < -0.39 is 5.25 Å². The molecule has 0 spiro atoms. The molecule has 1 unspecified atom stereocenters. The van der Waals surface area contributed by atoms with Crippen molar-refractivity contribution in [1.82, 2.24) is 14.8 Å². The van der Waals surface area contributed by atoms with E-state index >= 15 is 0 Å². The molecule has 7 heteroatoms. The van der Waals surface area contributed by atoms with Crippen molar-refractivity contribution in [2.24, 2.45) is 0 Å². The Morgan fingerprint density at radius 3 is 2.65 bits per heavy atom. The second-order valence-electron chi connectivity index (χ2n) is 4.74. The molecule has 0 saturated carbocycles. The van der Waals surface area contributed by atoms with Gasteiger partial charge in [0.1, 0.15) is 5.25 Å². The lowest BCUT2D eigenvalue weighted by Crippen LogP contribution is -2.15. The van der Waals surface area contributed by atoms with Crippen molar-refractivity contribution >= 4 is 17.7 Å². The third kappa shape index (κ3) is 3.14. The molecular weight excluding hydrogens is 314 g/mol. The third-order valence-corrected chi connectivity index (χ3v) is 4.23. The van der Waals surface area contributed by atoms with Gasteiger partial charge in [0, 0.05) is 5.69 Å². The van der Waals surface area contributed by atoms with E-state index in [1.165, 1.54) is 18.9 Å². The van der Waals surface area contributed by atoms with Crippen LogP contribution in [0.4, 0.5) is 0 Å². The normalized spacial score (nSPS) is 12.1. The van der Waals surface area contributed by atoms with Gasteiger partial charge in [0.25, 0.3) is 0 Å². The summed E-state index contributed by atoms with van der Waals surface area (Å²) in [7, 11) is 1.37. The van der Waals surface area contributed by atoms with Crippen LogP contribution in [0.15, 0.2) is 58.3 Å². The molecule has 0 N–H and O–H groups in total. The summed E-state index contributed by atoms with van der Waals surface area (Å²) >= 11 is 1.29. The number of para-hydroxylation sites is 1. The molecule has 118 valence electrons. The number of furan rings is 1. The molecule has 0 fully saturated rings. The van der Waals surface area contributed by atoms with Crippen LogP contribution >= 0.6 is 11.8 Å². The fraction of sp³-hybridized carbons (Fsp3) is 0.188. The van der Waals surface area contributed by atoms with Gasteiger partial charge in [-0.15, -0.1) is 10.2 Å². The second-order valence-corrected chi connectivity index (χ2v) is 6.05. The second kappa shape index (κ2) is 6.70. The summed E-state index contributed by atoms with van der Waals surface area (Å²) in [6.07, 6.45) is 1.59. The van der Waals surface area contributed by atoms with Gasteiger partial charge in [0.05, 0.1) is 13.4 Å². The Kier molecular flexibility index (Phi) is 4.47. The maximum Gasteiger partial charge on any atom is 0.318 e. The number of thioether (sulfide) groups is 1. The summed E-state index contributed by atoms with van der Waals surface area (Å²) in [6.45, 7) is 1.77. The summed E-state index contributed by atoms with van der Waals surface area (Å²) in [5.41, 5.74) is 0.892. The SMILES string of the molecule is COC(=O)C(C)Sc1nnc(-c2ccco2)n1-c1ccccc1. The monoisotopic (exact) mass is 329 g/mol. The van der Waals surface area contributed by atoms with Crippen LogP contribution in [0.2, 0.25) is 0 Å². The lowest BCUT2D eigenvalue weighted by atomic mass is 10.3. The Labute approximate surface area is 137 Å². The number of esters is 1. The van der Waals surface area contributed by atoms with Gasteiger partial charge in [0.2, 0.25) is 5.82 Å². The smallest absolute Gasteiger partial charge is 0.318 e. The Hall–Kier alpha value is -2.54. The van der Waals surface area contributed by atoms with E-state index in [1.54, 1.807) is 19.3 Å². The highest BCUT2D eigenvalue weighted by molar-refractivity contribution is 8.00. The minimum absolute atomic E-state index is 0.308. The van der Waals surface area contributed by atoms with Crippen LogP contribution in [0.3, 0.4) is 0 Å². The van der Waals surface area contributed by atoms with Crippen LogP contribution in [0.5, 0.6) is 0 Å². The molecule has 0 saturated heterocycles. The van der Waals surface area contributed by atoms with E-state index in [0.717, 1.165) is 5.69 Å². The number of hydrogen-bond acceptors (Lipinski definition) is 6. The molecule has 1 atom stereocenters. The van der Waals surface area contributed by atoms with E-state index in [4.69, 9.17) is 9.15 Å². The number of rotatable bonds is 5. The molecule has 0 aliphatic carbocycles. The molecule has 0 radical (unpaired) electrons. The highest BCUT2D eigenvalue weighted by Crippen LogP contribution is 2.30. The first kappa shape index (κ1) is 15.4. The lowest BCUT2D eigenvalue weighted by molar-refractivity contribution is -0.139. The number of hydrogen-bond donors (Lipinski definition) is 0. The van der Waals surface area contributed by atoms with Gasteiger partial charge >= 0.3 is 5.97 Å². The minimum atomic E-state index is -0.392.